The molecule has 1 heterocycles. The van der Waals surface area contributed by atoms with E-state index < -0.39 is 0 Å². The van der Waals surface area contributed by atoms with E-state index >= 15 is 0 Å². The number of aromatic hydroxyl groups is 1. The van der Waals surface area contributed by atoms with Crippen molar-refractivity contribution in [3.05, 3.63) is 47.5 Å². The third-order valence-electron chi connectivity index (χ3n) is 3.58. The van der Waals surface area contributed by atoms with Crippen LogP contribution in [0.1, 0.15) is 11.1 Å². The molecule has 1 N–H and O–H groups in total. The van der Waals surface area contributed by atoms with Gasteiger partial charge >= 0.3 is 0 Å². The maximum Gasteiger partial charge on any atom is 0.138 e. The highest BCUT2D eigenvalue weighted by Crippen LogP contribution is 2.36. The molecule has 2 aromatic carbocycles. The lowest BCUT2D eigenvalue weighted by atomic mass is 10.1. The summed E-state index contributed by atoms with van der Waals surface area (Å²) in [5.74, 6) is 1.90. The van der Waals surface area contributed by atoms with E-state index in [9.17, 15) is 5.11 Å². The Hall–Kier alpha value is -2.42. The van der Waals surface area contributed by atoms with Crippen LogP contribution < -0.4 is 4.74 Å². The number of phenols is 1. The lowest BCUT2D eigenvalue weighted by molar-refractivity contribution is 0.411. The second-order valence-electron chi connectivity index (χ2n) is 4.92. The lowest BCUT2D eigenvalue weighted by Crippen LogP contribution is -1.86. The minimum Gasteiger partial charge on any atom is -0.508 e. The summed E-state index contributed by atoms with van der Waals surface area (Å²) in [7, 11) is 1.66. The fraction of sp³-hybridized carbons (Fsp3) is 0.176. The van der Waals surface area contributed by atoms with Gasteiger partial charge in [0.05, 0.1) is 7.11 Å². The van der Waals surface area contributed by atoms with Gasteiger partial charge in [-0.1, -0.05) is 0 Å². The first-order valence-corrected chi connectivity index (χ1v) is 6.47. The monoisotopic (exact) mass is 268 g/mol. The van der Waals surface area contributed by atoms with Crippen molar-refractivity contribution in [3.63, 3.8) is 0 Å². The van der Waals surface area contributed by atoms with Crippen molar-refractivity contribution in [2.45, 2.75) is 13.8 Å². The summed E-state index contributed by atoms with van der Waals surface area (Å²) in [6.07, 6.45) is 0. The van der Waals surface area contributed by atoms with Gasteiger partial charge in [-0.05, 0) is 49.7 Å². The topological polar surface area (TPSA) is 42.6 Å². The molecular weight excluding hydrogens is 252 g/mol. The number of rotatable bonds is 2. The van der Waals surface area contributed by atoms with Gasteiger partial charge in [0.1, 0.15) is 22.8 Å². The Labute approximate surface area is 117 Å². The van der Waals surface area contributed by atoms with Crippen molar-refractivity contribution in [2.24, 2.45) is 0 Å². The molecule has 20 heavy (non-hydrogen) atoms. The minimum atomic E-state index is 0.250. The molecule has 0 bridgehead atoms. The number of benzene rings is 2. The first-order valence-electron chi connectivity index (χ1n) is 6.47. The lowest BCUT2D eigenvalue weighted by Gasteiger charge is -2.03. The highest BCUT2D eigenvalue weighted by atomic mass is 16.5. The van der Waals surface area contributed by atoms with Gasteiger partial charge in [-0.25, -0.2) is 0 Å². The molecule has 3 aromatic rings. The molecule has 0 atom stereocenters. The third-order valence-corrected chi connectivity index (χ3v) is 3.58. The van der Waals surface area contributed by atoms with Crippen LogP contribution in [-0.2, 0) is 0 Å². The Morgan fingerprint density at radius 2 is 1.75 bits per heavy atom. The van der Waals surface area contributed by atoms with Gasteiger partial charge in [0.2, 0.25) is 0 Å². The number of fused-ring (bicyclic) bond motifs is 1. The summed E-state index contributed by atoms with van der Waals surface area (Å²) in [6, 6.07) is 11.0. The molecule has 0 fully saturated rings. The first kappa shape index (κ1) is 12.6. The van der Waals surface area contributed by atoms with E-state index in [0.717, 1.165) is 39.2 Å². The molecule has 0 saturated heterocycles. The summed E-state index contributed by atoms with van der Waals surface area (Å²) < 4.78 is 11.3. The minimum absolute atomic E-state index is 0.250. The molecular formula is C17H16O3. The Bertz CT molecular complexity index is 767. The van der Waals surface area contributed by atoms with E-state index in [2.05, 4.69) is 6.07 Å². The molecule has 3 heteroatoms. The number of hydrogen-bond acceptors (Lipinski definition) is 3. The van der Waals surface area contributed by atoms with E-state index in [1.807, 2.05) is 32.0 Å². The van der Waals surface area contributed by atoms with Gasteiger partial charge < -0.3 is 14.3 Å². The first-order chi connectivity index (χ1) is 9.60. The molecule has 0 amide bonds. The zero-order valence-corrected chi connectivity index (χ0v) is 11.7. The number of hydrogen-bond donors (Lipinski definition) is 1. The third kappa shape index (κ3) is 1.92. The number of furan rings is 1. The van der Waals surface area contributed by atoms with Crippen molar-refractivity contribution >= 4 is 11.0 Å². The molecule has 0 unspecified atom stereocenters. The highest BCUT2D eigenvalue weighted by molar-refractivity contribution is 5.89. The summed E-state index contributed by atoms with van der Waals surface area (Å²) in [5.41, 5.74) is 3.94. The summed E-state index contributed by atoms with van der Waals surface area (Å²) in [6.45, 7) is 4.06. The van der Waals surface area contributed by atoms with Gasteiger partial charge in [-0.15, -0.1) is 0 Å². The maximum atomic E-state index is 9.37. The van der Waals surface area contributed by atoms with E-state index in [1.165, 1.54) is 0 Å². The van der Waals surface area contributed by atoms with Gasteiger partial charge in [0.25, 0.3) is 0 Å². The second kappa shape index (κ2) is 4.60. The van der Waals surface area contributed by atoms with E-state index in [0.29, 0.717) is 0 Å². The average Bonchev–Trinajstić information content (AvgIpc) is 2.76. The molecule has 0 radical (unpaired) electrons. The molecule has 0 aliphatic carbocycles. The van der Waals surface area contributed by atoms with E-state index in [-0.39, 0.29) is 5.75 Å². The van der Waals surface area contributed by atoms with Crippen molar-refractivity contribution in [3.8, 4) is 22.8 Å². The smallest absolute Gasteiger partial charge is 0.138 e. The summed E-state index contributed by atoms with van der Waals surface area (Å²) in [4.78, 5) is 0. The zero-order valence-electron chi connectivity index (χ0n) is 11.7. The Kier molecular flexibility index (Phi) is 2.90. The SMILES string of the molecule is COc1cc2oc(-c3ccc(O)cc3)c(C)c2cc1C. The standard InChI is InChI=1S/C17H16O3/c1-10-8-14-11(2)17(12-4-6-13(18)7-5-12)20-16(14)9-15(10)19-3/h4-9,18H,1-3H3. The van der Waals surface area contributed by atoms with Gasteiger partial charge in [0, 0.05) is 22.6 Å². The molecule has 102 valence electrons. The van der Waals surface area contributed by atoms with Crippen LogP contribution in [0.15, 0.2) is 40.8 Å². The summed E-state index contributed by atoms with van der Waals surface area (Å²) in [5, 5.41) is 10.5. The molecule has 3 nitrogen and oxygen atoms in total. The van der Waals surface area contributed by atoms with Crippen LogP contribution in [0.3, 0.4) is 0 Å². The van der Waals surface area contributed by atoms with Crippen LogP contribution >= 0.6 is 0 Å². The predicted octanol–water partition coefficient (Wildman–Crippen LogP) is 4.43. The molecule has 0 aliphatic rings. The number of ether oxygens (including phenoxy) is 1. The molecule has 3 rings (SSSR count). The Balaban J connectivity index is 2.22. The molecule has 0 spiro atoms. The summed E-state index contributed by atoms with van der Waals surface area (Å²) >= 11 is 0. The molecule has 0 aliphatic heterocycles. The van der Waals surface area contributed by atoms with Crippen LogP contribution in [0.4, 0.5) is 0 Å². The maximum absolute atomic E-state index is 9.37. The van der Waals surface area contributed by atoms with E-state index in [4.69, 9.17) is 9.15 Å². The largest absolute Gasteiger partial charge is 0.508 e. The van der Waals surface area contributed by atoms with Crippen LogP contribution in [-0.4, -0.2) is 12.2 Å². The van der Waals surface area contributed by atoms with Gasteiger partial charge in [0.15, 0.2) is 0 Å². The van der Waals surface area contributed by atoms with Gasteiger partial charge in [-0.3, -0.25) is 0 Å². The highest BCUT2D eigenvalue weighted by Gasteiger charge is 2.14. The van der Waals surface area contributed by atoms with Crippen LogP contribution in [0.25, 0.3) is 22.3 Å². The zero-order chi connectivity index (χ0) is 14.3. The number of phenolic OH excluding ortho intramolecular Hbond substituents is 1. The molecule has 0 saturated carbocycles. The Morgan fingerprint density at radius 1 is 1.05 bits per heavy atom. The fourth-order valence-corrected chi connectivity index (χ4v) is 2.46. The number of aryl methyl sites for hydroxylation is 2. The van der Waals surface area contributed by atoms with E-state index in [1.54, 1.807) is 19.2 Å². The quantitative estimate of drug-likeness (QED) is 0.747. The van der Waals surface area contributed by atoms with Crippen molar-refractivity contribution < 1.29 is 14.3 Å². The van der Waals surface area contributed by atoms with Crippen molar-refractivity contribution in [1.82, 2.24) is 0 Å². The number of methoxy groups -OCH3 is 1. The fourth-order valence-electron chi connectivity index (χ4n) is 2.46. The van der Waals surface area contributed by atoms with Crippen molar-refractivity contribution in [1.29, 1.82) is 0 Å². The van der Waals surface area contributed by atoms with Crippen LogP contribution in [0.5, 0.6) is 11.5 Å². The van der Waals surface area contributed by atoms with Crippen molar-refractivity contribution in [2.75, 3.05) is 7.11 Å². The van der Waals surface area contributed by atoms with Crippen LogP contribution in [0, 0.1) is 13.8 Å². The second-order valence-corrected chi connectivity index (χ2v) is 4.92. The van der Waals surface area contributed by atoms with Gasteiger partial charge in [-0.2, -0.15) is 0 Å². The molecule has 1 aromatic heterocycles. The predicted molar refractivity (Wildman–Crippen MR) is 79.3 cm³/mol. The Morgan fingerprint density at radius 3 is 2.40 bits per heavy atom. The normalized spacial score (nSPS) is 10.9. The van der Waals surface area contributed by atoms with Crippen LogP contribution in [0.2, 0.25) is 0 Å². The average molecular weight is 268 g/mol.